The Morgan fingerprint density at radius 2 is 1.54 bits per heavy atom. The van der Waals surface area contributed by atoms with Crippen LogP contribution in [0, 0.1) is 5.41 Å². The maximum atomic E-state index is 2.38. The van der Waals surface area contributed by atoms with Crippen LogP contribution in [0.2, 0.25) is 0 Å². The third kappa shape index (κ3) is 2.61. The summed E-state index contributed by atoms with van der Waals surface area (Å²) < 4.78 is 0. The minimum Gasteiger partial charge on any atom is -0.106 e. The molecule has 0 bridgehead atoms. The van der Waals surface area contributed by atoms with E-state index < -0.39 is 6.89 Å². The summed E-state index contributed by atoms with van der Waals surface area (Å²) in [6, 6.07) is 0. The highest BCUT2D eigenvalue weighted by molar-refractivity contribution is 7.74. The molecule has 0 aromatic carbocycles. The van der Waals surface area contributed by atoms with Gasteiger partial charge < -0.3 is 0 Å². The third-order valence-corrected chi connectivity index (χ3v) is 4.21. The number of rotatable bonds is 0. The van der Waals surface area contributed by atoms with Gasteiger partial charge in [-0.15, -0.1) is 6.89 Å². The van der Waals surface area contributed by atoms with E-state index in [9.17, 15) is 0 Å². The maximum absolute atomic E-state index is 2.38. The van der Waals surface area contributed by atoms with Gasteiger partial charge in [0.15, 0.2) is 0 Å². The molecule has 0 nitrogen and oxygen atoms in total. The topological polar surface area (TPSA) is 0 Å². The monoisotopic (exact) mass is 196 g/mol. The first-order valence-electron chi connectivity index (χ1n) is 4.80. The molecule has 0 unspecified atom stereocenters. The molecule has 1 aliphatic carbocycles. The Hall–Kier alpha value is -0.220. The van der Waals surface area contributed by atoms with Crippen LogP contribution in [0.15, 0.2) is 23.8 Å². The van der Waals surface area contributed by atoms with Crippen LogP contribution in [0.1, 0.15) is 20.8 Å². The maximum Gasteiger partial charge on any atom is -0.0132 e. The summed E-state index contributed by atoms with van der Waals surface area (Å²) in [6.07, 6.45) is 6.96. The van der Waals surface area contributed by atoms with Gasteiger partial charge in [0.1, 0.15) is 0 Å². The largest absolute Gasteiger partial charge is 0.106 e. The van der Waals surface area contributed by atoms with Crippen molar-refractivity contribution in [3.8, 4) is 0 Å². The van der Waals surface area contributed by atoms with Gasteiger partial charge in [0.2, 0.25) is 0 Å². The molecule has 0 heterocycles. The van der Waals surface area contributed by atoms with Gasteiger partial charge in [-0.25, -0.2) is 0 Å². The minimum atomic E-state index is -0.817. The Morgan fingerprint density at radius 1 is 1.00 bits per heavy atom. The van der Waals surface area contributed by atoms with Crippen molar-refractivity contribution in [1.29, 1.82) is 0 Å². The van der Waals surface area contributed by atoms with Crippen LogP contribution >= 0.6 is 6.89 Å². The standard InChI is InChI=1S/C12H21P/c1-12(2,3)10-7-8-11(9-10)13(4,5)6/h7-9H,1-6H3. The molecule has 0 radical (unpaired) electrons. The zero-order chi connectivity index (χ0) is 10.3. The van der Waals surface area contributed by atoms with Crippen LogP contribution in [-0.4, -0.2) is 25.3 Å². The number of hydrogen-bond acceptors (Lipinski definition) is 0. The van der Waals surface area contributed by atoms with Crippen molar-refractivity contribution in [2.75, 3.05) is 20.0 Å². The van der Waals surface area contributed by atoms with Gasteiger partial charge in [0.05, 0.1) is 0 Å². The van der Waals surface area contributed by atoms with Crippen molar-refractivity contribution < 1.29 is 0 Å². The molecule has 0 aliphatic heterocycles. The van der Waals surface area contributed by atoms with Crippen LogP contribution in [0.3, 0.4) is 0 Å². The molecule has 0 fully saturated rings. The van der Waals surface area contributed by atoms with Crippen LogP contribution in [0.25, 0.3) is 0 Å². The fourth-order valence-corrected chi connectivity index (χ4v) is 2.36. The van der Waals surface area contributed by atoms with E-state index in [1.807, 2.05) is 0 Å². The summed E-state index contributed by atoms with van der Waals surface area (Å²) in [5.41, 5.74) is 1.77. The molecule has 0 saturated heterocycles. The van der Waals surface area contributed by atoms with Gasteiger partial charge in [-0.05, 0) is 36.3 Å². The van der Waals surface area contributed by atoms with E-state index in [0.29, 0.717) is 5.41 Å². The first-order chi connectivity index (χ1) is 5.71. The lowest BCUT2D eigenvalue weighted by Gasteiger charge is -2.18. The second-order valence-corrected chi connectivity index (χ2v) is 10.2. The molecule has 0 amide bonds. The fourth-order valence-electron chi connectivity index (χ4n) is 1.31. The Labute approximate surface area is 82.7 Å². The Bertz CT molecular complexity index is 307. The molecular weight excluding hydrogens is 175 g/mol. The van der Waals surface area contributed by atoms with E-state index in [0.717, 1.165) is 0 Å². The molecule has 0 saturated carbocycles. The normalized spacial score (nSPS) is 18.0. The lowest BCUT2D eigenvalue weighted by Crippen LogP contribution is -2.06. The summed E-state index contributed by atoms with van der Waals surface area (Å²) in [7, 11) is 0. The summed E-state index contributed by atoms with van der Waals surface area (Å²) in [5, 5.41) is 1.55. The molecule has 0 atom stereocenters. The Kier molecular flexibility index (Phi) is 2.65. The van der Waals surface area contributed by atoms with Gasteiger partial charge in [0.25, 0.3) is 0 Å². The van der Waals surface area contributed by atoms with E-state index in [1.54, 1.807) is 5.29 Å². The minimum absolute atomic E-state index is 0.299. The zero-order valence-electron chi connectivity index (χ0n) is 9.68. The van der Waals surface area contributed by atoms with Gasteiger partial charge in [-0.2, -0.15) is 0 Å². The van der Waals surface area contributed by atoms with Crippen LogP contribution in [0.5, 0.6) is 0 Å². The van der Waals surface area contributed by atoms with E-state index >= 15 is 0 Å². The predicted octanol–water partition coefficient (Wildman–Crippen LogP) is 3.61. The van der Waals surface area contributed by atoms with Crippen molar-refractivity contribution in [2.24, 2.45) is 5.41 Å². The quantitative estimate of drug-likeness (QED) is 0.519. The van der Waals surface area contributed by atoms with E-state index in [1.165, 1.54) is 5.57 Å². The lowest BCUT2D eigenvalue weighted by atomic mass is 9.87. The van der Waals surface area contributed by atoms with E-state index in [4.69, 9.17) is 0 Å². The summed E-state index contributed by atoms with van der Waals surface area (Å²) in [6.45, 7) is 13.1. The van der Waals surface area contributed by atoms with Gasteiger partial charge in [0, 0.05) is 0 Å². The molecular formula is C12H21P. The molecule has 0 spiro atoms. The summed E-state index contributed by atoms with van der Waals surface area (Å²) >= 11 is 0. The molecule has 1 rings (SSSR count). The average molecular weight is 196 g/mol. The van der Waals surface area contributed by atoms with Crippen LogP contribution < -0.4 is 0 Å². The molecule has 0 aromatic heterocycles. The number of hydrogen-bond donors (Lipinski definition) is 0. The highest BCUT2D eigenvalue weighted by Crippen LogP contribution is 2.40. The Balaban J connectivity index is 3.11. The zero-order valence-corrected chi connectivity index (χ0v) is 10.6. The second-order valence-electron chi connectivity index (χ2n) is 5.62. The Morgan fingerprint density at radius 3 is 1.77 bits per heavy atom. The molecule has 1 aliphatic rings. The number of allylic oxidation sites excluding steroid dienone is 4. The molecule has 1 heteroatoms. The SMILES string of the molecule is CC(C)(C)C1=CC(=P(C)(C)C)C=C1. The first kappa shape index (κ1) is 10.9. The molecule has 74 valence electrons. The predicted molar refractivity (Wildman–Crippen MR) is 66.4 cm³/mol. The average Bonchev–Trinajstić information content (AvgIpc) is 2.28. The molecule has 13 heavy (non-hydrogen) atoms. The molecule has 0 N–H and O–H groups in total. The second kappa shape index (κ2) is 3.17. The highest BCUT2D eigenvalue weighted by Gasteiger charge is 2.18. The summed E-state index contributed by atoms with van der Waals surface area (Å²) in [4.78, 5) is 0. The fraction of sp³-hybridized carbons (Fsp3) is 0.583. The first-order valence-corrected chi connectivity index (χ1v) is 7.93. The molecule has 0 aromatic rings. The van der Waals surface area contributed by atoms with Crippen molar-refractivity contribution in [2.45, 2.75) is 20.8 Å². The van der Waals surface area contributed by atoms with Crippen molar-refractivity contribution in [1.82, 2.24) is 0 Å². The van der Waals surface area contributed by atoms with Crippen molar-refractivity contribution >= 4 is 12.2 Å². The van der Waals surface area contributed by atoms with Gasteiger partial charge in [-0.1, -0.05) is 39.0 Å². The van der Waals surface area contributed by atoms with Crippen molar-refractivity contribution in [3.05, 3.63) is 23.8 Å². The van der Waals surface area contributed by atoms with Gasteiger partial charge >= 0.3 is 0 Å². The smallest absolute Gasteiger partial charge is 0.0132 e. The van der Waals surface area contributed by atoms with E-state index in [2.05, 4.69) is 59.0 Å². The van der Waals surface area contributed by atoms with Gasteiger partial charge in [-0.3, -0.25) is 0 Å². The van der Waals surface area contributed by atoms with Crippen molar-refractivity contribution in [3.63, 3.8) is 0 Å². The van der Waals surface area contributed by atoms with Crippen LogP contribution in [-0.2, 0) is 0 Å². The van der Waals surface area contributed by atoms with E-state index in [-0.39, 0.29) is 0 Å². The third-order valence-electron chi connectivity index (χ3n) is 2.38. The summed E-state index contributed by atoms with van der Waals surface area (Å²) in [5.74, 6) is 0. The van der Waals surface area contributed by atoms with Crippen LogP contribution in [0.4, 0.5) is 0 Å². The highest BCUT2D eigenvalue weighted by atomic mass is 31.2. The lowest BCUT2D eigenvalue weighted by molar-refractivity contribution is 0.519.